The van der Waals surface area contributed by atoms with Gasteiger partial charge in [-0.15, -0.1) is 11.3 Å². The van der Waals surface area contributed by atoms with Crippen molar-refractivity contribution in [3.8, 4) is 0 Å². The van der Waals surface area contributed by atoms with Crippen LogP contribution < -0.4 is 11.5 Å². The molecule has 0 aliphatic carbocycles. The zero-order valence-corrected chi connectivity index (χ0v) is 13.0. The third-order valence-electron chi connectivity index (χ3n) is 3.27. The van der Waals surface area contributed by atoms with Crippen LogP contribution in [-0.4, -0.2) is 17.4 Å². The molecule has 1 aromatic heterocycles. The van der Waals surface area contributed by atoms with Crippen molar-refractivity contribution in [1.82, 2.24) is 4.90 Å². The summed E-state index contributed by atoms with van der Waals surface area (Å²) in [6.07, 6.45) is 1.03. The number of carbonyl (C=O) groups is 1. The molecule has 4 N–H and O–H groups in total. The lowest BCUT2D eigenvalue weighted by Gasteiger charge is -2.21. The number of anilines is 1. The largest absolute Gasteiger partial charge is 0.398 e. The van der Waals surface area contributed by atoms with E-state index in [0.717, 1.165) is 17.7 Å². The van der Waals surface area contributed by atoms with Crippen molar-refractivity contribution in [2.24, 2.45) is 5.73 Å². The second kappa shape index (κ2) is 7.24. The first-order valence-electron chi connectivity index (χ1n) is 7.00. The average Bonchev–Trinajstić information content (AvgIpc) is 2.88. The SMILES string of the molecule is CCc1ccc(CN(CC(N)=O)Cc2ccccc2N)s1. The highest BCUT2D eigenvalue weighted by atomic mass is 32.1. The smallest absolute Gasteiger partial charge is 0.231 e. The summed E-state index contributed by atoms with van der Waals surface area (Å²) in [7, 11) is 0. The number of amides is 1. The molecule has 1 amide bonds. The number of nitrogens with zero attached hydrogens (tertiary/aromatic N) is 1. The Hall–Kier alpha value is -1.85. The Kier molecular flexibility index (Phi) is 5.36. The Bertz CT molecular complexity index is 609. The number of benzene rings is 1. The lowest BCUT2D eigenvalue weighted by atomic mass is 10.1. The van der Waals surface area contributed by atoms with Crippen LogP contribution in [0.4, 0.5) is 5.69 Å². The summed E-state index contributed by atoms with van der Waals surface area (Å²) in [5, 5.41) is 0. The molecule has 112 valence electrons. The van der Waals surface area contributed by atoms with Crippen LogP contribution >= 0.6 is 11.3 Å². The number of primary amides is 1. The van der Waals surface area contributed by atoms with E-state index in [2.05, 4.69) is 19.1 Å². The summed E-state index contributed by atoms with van der Waals surface area (Å²) >= 11 is 1.78. The molecule has 0 saturated heterocycles. The van der Waals surface area contributed by atoms with Crippen LogP contribution in [-0.2, 0) is 24.3 Å². The predicted molar refractivity (Wildman–Crippen MR) is 87.9 cm³/mol. The maximum atomic E-state index is 11.3. The van der Waals surface area contributed by atoms with Gasteiger partial charge in [-0.05, 0) is 30.2 Å². The second-order valence-corrected chi connectivity index (χ2v) is 6.28. The quantitative estimate of drug-likeness (QED) is 0.771. The lowest BCUT2D eigenvalue weighted by Crippen LogP contribution is -2.33. The minimum atomic E-state index is -0.322. The lowest BCUT2D eigenvalue weighted by molar-refractivity contribution is -0.119. The van der Waals surface area contributed by atoms with Gasteiger partial charge < -0.3 is 11.5 Å². The van der Waals surface area contributed by atoms with Crippen molar-refractivity contribution in [2.45, 2.75) is 26.4 Å². The van der Waals surface area contributed by atoms with E-state index in [1.807, 2.05) is 29.2 Å². The molecule has 2 rings (SSSR count). The van der Waals surface area contributed by atoms with E-state index >= 15 is 0 Å². The minimum absolute atomic E-state index is 0.230. The number of hydrogen-bond donors (Lipinski definition) is 2. The van der Waals surface area contributed by atoms with Crippen LogP contribution in [0.15, 0.2) is 36.4 Å². The number of rotatable bonds is 7. The average molecular weight is 303 g/mol. The number of thiophene rings is 1. The minimum Gasteiger partial charge on any atom is -0.398 e. The fourth-order valence-corrected chi connectivity index (χ4v) is 3.23. The number of hydrogen-bond acceptors (Lipinski definition) is 4. The zero-order chi connectivity index (χ0) is 15.2. The van der Waals surface area contributed by atoms with Crippen LogP contribution in [0.25, 0.3) is 0 Å². The fraction of sp³-hybridized carbons (Fsp3) is 0.312. The summed E-state index contributed by atoms with van der Waals surface area (Å²) in [4.78, 5) is 15.9. The topological polar surface area (TPSA) is 72.3 Å². The molecular weight excluding hydrogens is 282 g/mol. The molecule has 1 aromatic carbocycles. The highest BCUT2D eigenvalue weighted by Gasteiger charge is 2.12. The van der Waals surface area contributed by atoms with Crippen molar-refractivity contribution in [2.75, 3.05) is 12.3 Å². The van der Waals surface area contributed by atoms with Gasteiger partial charge in [0.2, 0.25) is 5.91 Å². The van der Waals surface area contributed by atoms with E-state index in [9.17, 15) is 4.79 Å². The number of nitrogen functional groups attached to an aromatic ring is 1. The molecule has 21 heavy (non-hydrogen) atoms. The first-order chi connectivity index (χ1) is 10.1. The number of para-hydroxylation sites is 1. The van der Waals surface area contributed by atoms with Gasteiger partial charge in [-0.25, -0.2) is 0 Å². The molecule has 4 nitrogen and oxygen atoms in total. The summed E-state index contributed by atoms with van der Waals surface area (Å²) in [6.45, 7) is 3.70. The summed E-state index contributed by atoms with van der Waals surface area (Å²) < 4.78 is 0. The molecule has 0 atom stereocenters. The molecule has 0 spiro atoms. The normalized spacial score (nSPS) is 11.0. The standard InChI is InChI=1S/C16H21N3OS/c1-2-13-7-8-14(21-13)10-19(11-16(18)20)9-12-5-3-4-6-15(12)17/h3-8H,2,9-11,17H2,1H3,(H2,18,20). The summed E-state index contributed by atoms with van der Waals surface area (Å²) in [5.41, 5.74) is 13.1. The molecule has 0 unspecified atom stereocenters. The monoisotopic (exact) mass is 303 g/mol. The van der Waals surface area contributed by atoms with Gasteiger partial charge in [0.1, 0.15) is 0 Å². The van der Waals surface area contributed by atoms with Crippen LogP contribution in [0.2, 0.25) is 0 Å². The van der Waals surface area contributed by atoms with Gasteiger partial charge in [0.25, 0.3) is 0 Å². The van der Waals surface area contributed by atoms with Crippen LogP contribution in [0, 0.1) is 0 Å². The van der Waals surface area contributed by atoms with Crippen molar-refractivity contribution in [3.05, 3.63) is 51.7 Å². The Morgan fingerprint density at radius 2 is 1.86 bits per heavy atom. The van der Waals surface area contributed by atoms with Gasteiger partial charge >= 0.3 is 0 Å². The van der Waals surface area contributed by atoms with Crippen LogP contribution in [0.1, 0.15) is 22.2 Å². The van der Waals surface area contributed by atoms with E-state index in [1.165, 1.54) is 9.75 Å². The van der Waals surface area contributed by atoms with Crippen molar-refractivity contribution < 1.29 is 4.79 Å². The Morgan fingerprint density at radius 3 is 2.48 bits per heavy atom. The number of nitrogens with two attached hydrogens (primary N) is 2. The van der Waals surface area contributed by atoms with E-state index in [4.69, 9.17) is 11.5 Å². The number of carbonyl (C=O) groups excluding carboxylic acids is 1. The van der Waals surface area contributed by atoms with E-state index < -0.39 is 0 Å². The van der Waals surface area contributed by atoms with E-state index in [1.54, 1.807) is 11.3 Å². The molecule has 0 aliphatic rings. The maximum absolute atomic E-state index is 11.3. The highest BCUT2D eigenvalue weighted by Crippen LogP contribution is 2.21. The molecule has 5 heteroatoms. The highest BCUT2D eigenvalue weighted by molar-refractivity contribution is 7.11. The van der Waals surface area contributed by atoms with Gasteiger partial charge in [0.15, 0.2) is 0 Å². The molecule has 2 aromatic rings. The Morgan fingerprint density at radius 1 is 1.14 bits per heavy atom. The predicted octanol–water partition coefficient (Wildman–Crippen LogP) is 2.38. The summed E-state index contributed by atoms with van der Waals surface area (Å²) in [6, 6.07) is 12.0. The molecule has 0 aliphatic heterocycles. The van der Waals surface area contributed by atoms with Gasteiger partial charge in [-0.2, -0.15) is 0 Å². The molecule has 0 bridgehead atoms. The van der Waals surface area contributed by atoms with Crippen LogP contribution in [0.3, 0.4) is 0 Å². The Balaban J connectivity index is 2.10. The third-order valence-corrected chi connectivity index (χ3v) is 4.49. The zero-order valence-electron chi connectivity index (χ0n) is 12.2. The maximum Gasteiger partial charge on any atom is 0.231 e. The Labute approximate surface area is 129 Å². The first-order valence-corrected chi connectivity index (χ1v) is 7.81. The van der Waals surface area contributed by atoms with Gasteiger partial charge in [-0.3, -0.25) is 9.69 Å². The van der Waals surface area contributed by atoms with E-state index in [-0.39, 0.29) is 12.5 Å². The van der Waals surface area contributed by atoms with Crippen molar-refractivity contribution in [3.63, 3.8) is 0 Å². The van der Waals surface area contributed by atoms with Crippen LogP contribution in [0.5, 0.6) is 0 Å². The van der Waals surface area contributed by atoms with Crippen molar-refractivity contribution in [1.29, 1.82) is 0 Å². The van der Waals surface area contributed by atoms with Gasteiger partial charge in [-0.1, -0.05) is 25.1 Å². The summed E-state index contributed by atoms with van der Waals surface area (Å²) in [5.74, 6) is -0.322. The fourth-order valence-electron chi connectivity index (χ4n) is 2.22. The molecule has 1 heterocycles. The number of aryl methyl sites for hydroxylation is 1. The molecular formula is C16H21N3OS. The van der Waals surface area contributed by atoms with Crippen molar-refractivity contribution >= 4 is 22.9 Å². The van der Waals surface area contributed by atoms with Gasteiger partial charge in [0.05, 0.1) is 6.54 Å². The third kappa shape index (κ3) is 4.58. The molecule has 0 radical (unpaired) electrons. The first kappa shape index (κ1) is 15.5. The second-order valence-electron chi connectivity index (χ2n) is 5.03. The van der Waals surface area contributed by atoms with E-state index in [0.29, 0.717) is 13.1 Å². The molecule has 0 saturated carbocycles. The molecule has 0 fully saturated rings. The van der Waals surface area contributed by atoms with Gasteiger partial charge in [0, 0.05) is 28.5 Å².